The molecule has 0 aliphatic carbocycles. The summed E-state index contributed by atoms with van der Waals surface area (Å²) in [5, 5.41) is 18.3. The van der Waals surface area contributed by atoms with Gasteiger partial charge in [-0.05, 0) is 70.6 Å². The average Bonchev–Trinajstić information content (AvgIpc) is 3.14. The molecule has 11 heteroatoms. The van der Waals surface area contributed by atoms with Gasteiger partial charge in [0.1, 0.15) is 12.7 Å². The van der Waals surface area contributed by atoms with Crippen molar-refractivity contribution in [3.8, 4) is 0 Å². The summed E-state index contributed by atoms with van der Waals surface area (Å²) in [4.78, 5) is 34.9. The third-order valence-electron chi connectivity index (χ3n) is 8.77. The first-order valence-corrected chi connectivity index (χ1v) is 22.4. The third kappa shape index (κ3) is 38.3. The lowest BCUT2D eigenvalue weighted by atomic mass is 10.1. The molecule has 3 N–H and O–H groups in total. The second-order valence-electron chi connectivity index (χ2n) is 14.0. The van der Waals surface area contributed by atoms with Gasteiger partial charge in [0.25, 0.3) is 0 Å². The number of aliphatic hydroxyl groups is 2. The molecule has 0 heterocycles. The lowest BCUT2D eigenvalue weighted by Crippen LogP contribution is -2.29. The Morgan fingerprint density at radius 3 is 1.51 bits per heavy atom. The second kappa shape index (κ2) is 38.5. The van der Waals surface area contributed by atoms with Gasteiger partial charge in [-0.1, -0.05) is 134 Å². The zero-order valence-corrected chi connectivity index (χ0v) is 34.4. The molecule has 310 valence electrons. The largest absolute Gasteiger partial charge is 0.472 e. The summed E-state index contributed by atoms with van der Waals surface area (Å²) in [6, 6.07) is 0. The molecule has 0 bridgehead atoms. The van der Waals surface area contributed by atoms with Crippen molar-refractivity contribution in [2.24, 2.45) is 0 Å². The van der Waals surface area contributed by atoms with Crippen LogP contribution in [0.25, 0.3) is 0 Å². The normalized spacial score (nSPS) is 14.3. The Bertz CT molecular complexity index is 983. The molecule has 0 aliphatic rings. The fourth-order valence-electron chi connectivity index (χ4n) is 5.49. The number of carbonyl (C=O) groups is 2. The van der Waals surface area contributed by atoms with Gasteiger partial charge in [0.15, 0.2) is 6.10 Å². The van der Waals surface area contributed by atoms with Gasteiger partial charge in [0, 0.05) is 12.8 Å². The van der Waals surface area contributed by atoms with E-state index in [1.807, 2.05) is 0 Å². The quantitative estimate of drug-likeness (QED) is 0.0238. The Morgan fingerprint density at radius 2 is 0.981 bits per heavy atom. The molecule has 3 unspecified atom stereocenters. The van der Waals surface area contributed by atoms with Crippen molar-refractivity contribution in [2.45, 2.75) is 193 Å². The molecular weight excluding hydrogens is 695 g/mol. The molecule has 0 rings (SSSR count). The van der Waals surface area contributed by atoms with E-state index in [-0.39, 0.29) is 19.4 Å². The number of unbranched alkanes of at least 4 members (excludes halogenated alkanes) is 19. The molecular formula is C42H77O10P. The molecule has 3 atom stereocenters. The maximum Gasteiger partial charge on any atom is 0.472 e. The van der Waals surface area contributed by atoms with Crippen molar-refractivity contribution >= 4 is 19.8 Å². The zero-order chi connectivity index (χ0) is 39.1. The number of hydrogen-bond donors (Lipinski definition) is 3. The zero-order valence-electron chi connectivity index (χ0n) is 33.5. The summed E-state index contributed by atoms with van der Waals surface area (Å²) in [7, 11) is -4.62. The van der Waals surface area contributed by atoms with Crippen molar-refractivity contribution in [1.29, 1.82) is 0 Å². The van der Waals surface area contributed by atoms with Crippen LogP contribution in [0.1, 0.15) is 181 Å². The Hall–Kier alpha value is -1.81. The molecule has 0 radical (unpaired) electrons. The van der Waals surface area contributed by atoms with E-state index >= 15 is 0 Å². The van der Waals surface area contributed by atoms with Crippen LogP contribution >= 0.6 is 7.82 Å². The van der Waals surface area contributed by atoms with Gasteiger partial charge in [-0.3, -0.25) is 18.6 Å². The maximum atomic E-state index is 12.6. The number of rotatable bonds is 39. The Morgan fingerprint density at radius 1 is 0.566 bits per heavy atom. The summed E-state index contributed by atoms with van der Waals surface area (Å²) in [5.41, 5.74) is 0. The number of phosphoric acid groups is 1. The molecule has 0 fully saturated rings. The molecule has 0 saturated heterocycles. The third-order valence-corrected chi connectivity index (χ3v) is 9.72. The first-order valence-electron chi connectivity index (χ1n) is 20.9. The second-order valence-corrected chi connectivity index (χ2v) is 15.5. The first kappa shape index (κ1) is 51.2. The van der Waals surface area contributed by atoms with Crippen molar-refractivity contribution in [2.75, 3.05) is 26.4 Å². The van der Waals surface area contributed by atoms with Crippen LogP contribution in [0.3, 0.4) is 0 Å². The molecule has 0 aliphatic heterocycles. The first-order chi connectivity index (χ1) is 25.7. The Labute approximate surface area is 322 Å². The highest BCUT2D eigenvalue weighted by Crippen LogP contribution is 2.43. The van der Waals surface area contributed by atoms with E-state index < -0.39 is 51.8 Å². The van der Waals surface area contributed by atoms with Crippen LogP contribution in [0, 0.1) is 0 Å². The molecule has 53 heavy (non-hydrogen) atoms. The van der Waals surface area contributed by atoms with Crippen LogP contribution in [0.5, 0.6) is 0 Å². The summed E-state index contributed by atoms with van der Waals surface area (Å²) in [6.07, 6.45) is 38.2. The van der Waals surface area contributed by atoms with E-state index in [1.165, 1.54) is 64.2 Å². The molecule has 10 nitrogen and oxygen atoms in total. The standard InChI is InChI=1S/C42H77O10P/c1-3-5-7-9-11-13-15-17-18-19-20-21-22-24-26-28-30-32-34-42(46)52-40(38-51-53(47,48)50-36-39(44)35-43)37-49-41(45)33-31-29-27-25-23-16-14-12-10-8-6-4-2/h12-15,18-19,39-40,43-44H,3-11,16-17,20-38H2,1-2H3,(H,47,48)/b14-12-,15-13-,19-18-. The minimum Gasteiger partial charge on any atom is -0.462 e. The van der Waals surface area contributed by atoms with Gasteiger partial charge < -0.3 is 24.6 Å². The molecule has 0 amide bonds. The highest BCUT2D eigenvalue weighted by molar-refractivity contribution is 7.47. The van der Waals surface area contributed by atoms with E-state index in [0.717, 1.165) is 77.0 Å². The molecule has 0 aromatic carbocycles. The lowest BCUT2D eigenvalue weighted by molar-refractivity contribution is -0.161. The van der Waals surface area contributed by atoms with Crippen molar-refractivity contribution in [3.63, 3.8) is 0 Å². The van der Waals surface area contributed by atoms with E-state index in [9.17, 15) is 24.2 Å². The number of allylic oxidation sites excluding steroid dienone is 6. The van der Waals surface area contributed by atoms with Crippen molar-refractivity contribution in [1.82, 2.24) is 0 Å². The van der Waals surface area contributed by atoms with Gasteiger partial charge in [0.2, 0.25) is 0 Å². The van der Waals surface area contributed by atoms with Gasteiger partial charge in [-0.2, -0.15) is 0 Å². The summed E-state index contributed by atoms with van der Waals surface area (Å²) >= 11 is 0. The van der Waals surface area contributed by atoms with Gasteiger partial charge in [-0.15, -0.1) is 0 Å². The fraction of sp³-hybridized carbons (Fsp3) is 0.810. The highest BCUT2D eigenvalue weighted by atomic mass is 31.2. The molecule has 0 aromatic heterocycles. The van der Waals surface area contributed by atoms with E-state index in [2.05, 4.69) is 54.8 Å². The Balaban J connectivity index is 4.32. The number of aliphatic hydroxyl groups excluding tert-OH is 2. The maximum absolute atomic E-state index is 12.6. The number of phosphoric ester groups is 1. The molecule has 0 aromatic rings. The van der Waals surface area contributed by atoms with E-state index in [1.54, 1.807) is 0 Å². The van der Waals surface area contributed by atoms with Crippen LogP contribution in [0.15, 0.2) is 36.5 Å². The molecule has 0 saturated carbocycles. The van der Waals surface area contributed by atoms with Gasteiger partial charge in [0.05, 0.1) is 19.8 Å². The number of ether oxygens (including phenoxy) is 2. The highest BCUT2D eigenvalue weighted by Gasteiger charge is 2.27. The fourth-order valence-corrected chi connectivity index (χ4v) is 6.28. The monoisotopic (exact) mass is 773 g/mol. The Kier molecular flexibility index (Phi) is 37.2. The summed E-state index contributed by atoms with van der Waals surface area (Å²) < 4.78 is 32.6. The van der Waals surface area contributed by atoms with Crippen LogP contribution in [-0.4, -0.2) is 65.7 Å². The SMILES string of the molecule is CCCCC/C=C\CCCCCCCC(=O)OCC(COP(=O)(O)OCC(O)CO)OC(=O)CCCCCCCCC/C=C\C/C=C\CCCCCC. The van der Waals surface area contributed by atoms with E-state index in [4.69, 9.17) is 19.1 Å². The van der Waals surface area contributed by atoms with Gasteiger partial charge in [-0.25, -0.2) is 4.57 Å². The van der Waals surface area contributed by atoms with Crippen molar-refractivity contribution < 1.29 is 47.8 Å². The summed E-state index contributed by atoms with van der Waals surface area (Å²) in [6.45, 7) is 2.31. The minimum atomic E-state index is -4.62. The average molecular weight is 773 g/mol. The number of carbonyl (C=O) groups excluding carboxylic acids is 2. The number of hydrogen-bond acceptors (Lipinski definition) is 9. The van der Waals surface area contributed by atoms with Crippen LogP contribution < -0.4 is 0 Å². The smallest absolute Gasteiger partial charge is 0.462 e. The van der Waals surface area contributed by atoms with Gasteiger partial charge >= 0.3 is 19.8 Å². The van der Waals surface area contributed by atoms with Crippen LogP contribution in [-0.2, 0) is 32.7 Å². The molecule has 0 spiro atoms. The van der Waals surface area contributed by atoms with Crippen molar-refractivity contribution in [3.05, 3.63) is 36.5 Å². The number of esters is 2. The van der Waals surface area contributed by atoms with Crippen LogP contribution in [0.2, 0.25) is 0 Å². The predicted molar refractivity (Wildman–Crippen MR) is 214 cm³/mol. The predicted octanol–water partition coefficient (Wildman–Crippen LogP) is 10.8. The topological polar surface area (TPSA) is 149 Å². The summed E-state index contributed by atoms with van der Waals surface area (Å²) in [5.74, 6) is -0.944. The lowest BCUT2D eigenvalue weighted by Gasteiger charge is -2.20. The van der Waals surface area contributed by atoms with Crippen LogP contribution in [0.4, 0.5) is 0 Å². The van der Waals surface area contributed by atoms with E-state index in [0.29, 0.717) is 12.8 Å². The minimum absolute atomic E-state index is 0.174.